The van der Waals surface area contributed by atoms with Gasteiger partial charge in [0.2, 0.25) is 10.0 Å². The first-order valence-electron chi connectivity index (χ1n) is 4.20. The van der Waals surface area contributed by atoms with E-state index in [4.69, 9.17) is 0 Å². The number of sulfonamides is 1. The SMILES string of the molecule is CC1CNS(=O)(=O)c2ccccc21. The standard InChI is InChI=1S/C9H11NO2S/c1-7-6-10-13(11,12)9-5-3-2-4-8(7)9/h2-5,7,10H,6H2,1H3. The summed E-state index contributed by atoms with van der Waals surface area (Å²) in [7, 11) is -3.22. The summed E-state index contributed by atoms with van der Waals surface area (Å²) in [6.45, 7) is 2.51. The zero-order chi connectivity index (χ0) is 9.47. The van der Waals surface area contributed by atoms with Crippen LogP contribution in [0.4, 0.5) is 0 Å². The third-order valence-electron chi connectivity index (χ3n) is 2.32. The van der Waals surface area contributed by atoms with Gasteiger partial charge in [-0.05, 0) is 17.5 Å². The zero-order valence-corrected chi connectivity index (χ0v) is 8.14. The smallest absolute Gasteiger partial charge is 0.211 e. The summed E-state index contributed by atoms with van der Waals surface area (Å²) in [4.78, 5) is 0.425. The first-order chi connectivity index (χ1) is 6.11. The fourth-order valence-electron chi connectivity index (χ4n) is 1.55. The second-order valence-corrected chi connectivity index (χ2v) is 5.03. The molecule has 3 nitrogen and oxygen atoms in total. The van der Waals surface area contributed by atoms with Crippen molar-refractivity contribution < 1.29 is 8.42 Å². The maximum Gasteiger partial charge on any atom is 0.240 e. The number of benzene rings is 1. The van der Waals surface area contributed by atoms with Crippen LogP contribution in [-0.4, -0.2) is 15.0 Å². The highest BCUT2D eigenvalue weighted by molar-refractivity contribution is 7.89. The summed E-state index contributed by atoms with van der Waals surface area (Å²) in [5.74, 6) is 0.264. The molecule has 1 atom stereocenters. The van der Waals surface area contributed by atoms with Crippen LogP contribution >= 0.6 is 0 Å². The normalized spacial score (nSPS) is 25.2. The molecule has 1 aliphatic heterocycles. The van der Waals surface area contributed by atoms with Gasteiger partial charge in [-0.3, -0.25) is 0 Å². The zero-order valence-electron chi connectivity index (χ0n) is 7.32. The van der Waals surface area contributed by atoms with Crippen LogP contribution in [0, 0.1) is 0 Å². The third kappa shape index (κ3) is 1.36. The number of hydrogen-bond donors (Lipinski definition) is 1. The summed E-state index contributed by atoms with van der Waals surface area (Å²) >= 11 is 0. The molecule has 1 aromatic rings. The maximum absolute atomic E-state index is 11.5. The molecule has 70 valence electrons. The molecule has 13 heavy (non-hydrogen) atoms. The molecule has 0 spiro atoms. The van der Waals surface area contributed by atoms with Crippen molar-refractivity contribution in [3.63, 3.8) is 0 Å². The summed E-state index contributed by atoms with van der Waals surface area (Å²) in [5.41, 5.74) is 0.918. The van der Waals surface area contributed by atoms with Crippen molar-refractivity contribution in [1.82, 2.24) is 4.72 Å². The Hall–Kier alpha value is -0.870. The molecule has 1 heterocycles. The Morgan fingerprint density at radius 1 is 1.38 bits per heavy atom. The predicted molar refractivity (Wildman–Crippen MR) is 50.0 cm³/mol. The third-order valence-corrected chi connectivity index (χ3v) is 3.82. The van der Waals surface area contributed by atoms with Crippen LogP contribution in [-0.2, 0) is 10.0 Å². The lowest BCUT2D eigenvalue weighted by molar-refractivity contribution is 0.559. The summed E-state index contributed by atoms with van der Waals surface area (Å²) in [5, 5.41) is 0. The van der Waals surface area contributed by atoms with Crippen LogP contribution in [0.2, 0.25) is 0 Å². The highest BCUT2D eigenvalue weighted by atomic mass is 32.2. The molecule has 0 fully saturated rings. The fraction of sp³-hybridized carbons (Fsp3) is 0.333. The molecule has 0 aromatic heterocycles. The summed E-state index contributed by atoms with van der Waals surface area (Å²) < 4.78 is 25.6. The molecule has 0 amide bonds. The van der Waals surface area contributed by atoms with E-state index in [1.807, 2.05) is 19.1 Å². The van der Waals surface area contributed by atoms with Crippen molar-refractivity contribution in [3.05, 3.63) is 29.8 Å². The van der Waals surface area contributed by atoms with Gasteiger partial charge >= 0.3 is 0 Å². The molecule has 2 rings (SSSR count). The Kier molecular flexibility index (Phi) is 1.89. The van der Waals surface area contributed by atoms with E-state index in [0.29, 0.717) is 11.4 Å². The van der Waals surface area contributed by atoms with E-state index in [-0.39, 0.29) is 5.92 Å². The molecule has 1 N–H and O–H groups in total. The van der Waals surface area contributed by atoms with Gasteiger partial charge in [-0.15, -0.1) is 0 Å². The van der Waals surface area contributed by atoms with Crippen LogP contribution in [0.15, 0.2) is 29.2 Å². The van der Waals surface area contributed by atoms with Gasteiger partial charge in [0.05, 0.1) is 4.90 Å². The second-order valence-electron chi connectivity index (χ2n) is 3.29. The molecule has 0 aliphatic carbocycles. The topological polar surface area (TPSA) is 46.2 Å². The van der Waals surface area contributed by atoms with Crippen molar-refractivity contribution in [2.75, 3.05) is 6.54 Å². The van der Waals surface area contributed by atoms with Gasteiger partial charge < -0.3 is 0 Å². The van der Waals surface area contributed by atoms with Crippen molar-refractivity contribution >= 4 is 10.0 Å². The average molecular weight is 197 g/mol. The van der Waals surface area contributed by atoms with Gasteiger partial charge in [-0.2, -0.15) is 0 Å². The van der Waals surface area contributed by atoms with Crippen molar-refractivity contribution in [2.45, 2.75) is 17.7 Å². The molecule has 0 bridgehead atoms. The van der Waals surface area contributed by atoms with Gasteiger partial charge in [-0.25, -0.2) is 13.1 Å². The van der Waals surface area contributed by atoms with Crippen LogP contribution in [0.3, 0.4) is 0 Å². The first-order valence-corrected chi connectivity index (χ1v) is 5.68. The van der Waals surface area contributed by atoms with Crippen LogP contribution < -0.4 is 4.72 Å². The molecular formula is C9H11NO2S. The lowest BCUT2D eigenvalue weighted by atomic mass is 10.0. The Morgan fingerprint density at radius 3 is 2.77 bits per heavy atom. The monoisotopic (exact) mass is 197 g/mol. The van der Waals surface area contributed by atoms with Gasteiger partial charge in [0.1, 0.15) is 0 Å². The van der Waals surface area contributed by atoms with E-state index in [9.17, 15) is 8.42 Å². The molecule has 1 aliphatic rings. The number of fused-ring (bicyclic) bond motifs is 1. The Bertz CT molecular complexity index is 425. The van der Waals surface area contributed by atoms with E-state index in [0.717, 1.165) is 5.56 Å². The van der Waals surface area contributed by atoms with Crippen LogP contribution in [0.1, 0.15) is 18.4 Å². The van der Waals surface area contributed by atoms with Crippen LogP contribution in [0.25, 0.3) is 0 Å². The van der Waals surface area contributed by atoms with Crippen LogP contribution in [0.5, 0.6) is 0 Å². The molecule has 0 saturated heterocycles. The molecule has 1 aromatic carbocycles. The van der Waals surface area contributed by atoms with E-state index in [1.165, 1.54) is 0 Å². The van der Waals surface area contributed by atoms with E-state index >= 15 is 0 Å². The average Bonchev–Trinajstić information content (AvgIpc) is 2.13. The maximum atomic E-state index is 11.5. The van der Waals surface area contributed by atoms with E-state index < -0.39 is 10.0 Å². The van der Waals surface area contributed by atoms with Gasteiger partial charge in [-0.1, -0.05) is 25.1 Å². The minimum absolute atomic E-state index is 0.264. The number of nitrogens with one attached hydrogen (secondary N) is 1. The lowest BCUT2D eigenvalue weighted by Crippen LogP contribution is -2.33. The number of hydrogen-bond acceptors (Lipinski definition) is 2. The fourth-order valence-corrected chi connectivity index (χ4v) is 3.02. The van der Waals surface area contributed by atoms with Gasteiger partial charge in [0, 0.05) is 6.54 Å². The Morgan fingerprint density at radius 2 is 2.08 bits per heavy atom. The summed E-state index contributed by atoms with van der Waals surface area (Å²) in [6.07, 6.45) is 0. The van der Waals surface area contributed by atoms with Gasteiger partial charge in [0.25, 0.3) is 0 Å². The first kappa shape index (κ1) is 8.72. The highest BCUT2D eigenvalue weighted by Gasteiger charge is 2.26. The summed E-state index contributed by atoms with van der Waals surface area (Å²) in [6, 6.07) is 7.14. The quantitative estimate of drug-likeness (QED) is 0.676. The minimum atomic E-state index is -3.22. The van der Waals surface area contributed by atoms with Crippen molar-refractivity contribution in [3.8, 4) is 0 Å². The van der Waals surface area contributed by atoms with Crippen molar-refractivity contribution in [2.24, 2.45) is 0 Å². The molecule has 1 unspecified atom stereocenters. The van der Waals surface area contributed by atoms with E-state index in [1.54, 1.807) is 12.1 Å². The Balaban J connectivity index is 2.68. The van der Waals surface area contributed by atoms with Gasteiger partial charge in [0.15, 0.2) is 0 Å². The predicted octanol–water partition coefficient (Wildman–Crippen LogP) is 1.08. The second kappa shape index (κ2) is 2.82. The highest BCUT2D eigenvalue weighted by Crippen LogP contribution is 2.27. The Labute approximate surface area is 77.8 Å². The van der Waals surface area contributed by atoms with E-state index in [2.05, 4.69) is 4.72 Å². The molecule has 0 radical (unpaired) electrons. The molecular weight excluding hydrogens is 186 g/mol. The number of rotatable bonds is 0. The lowest BCUT2D eigenvalue weighted by Gasteiger charge is -2.22. The largest absolute Gasteiger partial charge is 0.240 e. The minimum Gasteiger partial charge on any atom is -0.211 e. The van der Waals surface area contributed by atoms with Crippen molar-refractivity contribution in [1.29, 1.82) is 0 Å². The molecule has 0 saturated carbocycles. The molecule has 4 heteroatoms.